The molecular weight excluding hydrogens is 251 g/mol. The molecule has 1 rings (SSSR count). The van der Waals surface area contributed by atoms with Gasteiger partial charge in [0.2, 0.25) is 6.41 Å². The largest absolute Gasteiger partial charge is 0.443 e. The number of hydrazine groups is 1. The average Bonchev–Trinajstić information content (AvgIpc) is 2.28. The van der Waals surface area contributed by atoms with Gasteiger partial charge in [0.1, 0.15) is 11.4 Å². The zero-order chi connectivity index (χ0) is 14.5. The van der Waals surface area contributed by atoms with Crippen LogP contribution in [0.4, 0.5) is 9.18 Å². The summed E-state index contributed by atoms with van der Waals surface area (Å²) in [5.41, 5.74) is 2.34. The summed E-state index contributed by atoms with van der Waals surface area (Å²) in [6.07, 6.45) is -0.255. The van der Waals surface area contributed by atoms with E-state index in [9.17, 15) is 14.0 Å². The van der Waals surface area contributed by atoms with E-state index in [1.807, 2.05) is 0 Å². The van der Waals surface area contributed by atoms with Crippen molar-refractivity contribution in [2.24, 2.45) is 0 Å². The molecule has 1 N–H and O–H groups in total. The van der Waals surface area contributed by atoms with Gasteiger partial charge in [-0.3, -0.25) is 4.79 Å². The lowest BCUT2D eigenvalue weighted by Gasteiger charge is -2.23. The number of halogens is 1. The fourth-order valence-electron chi connectivity index (χ4n) is 1.31. The highest BCUT2D eigenvalue weighted by Gasteiger charge is 2.17. The van der Waals surface area contributed by atoms with Gasteiger partial charge in [0.25, 0.3) is 0 Å². The van der Waals surface area contributed by atoms with Gasteiger partial charge in [0, 0.05) is 0 Å². The van der Waals surface area contributed by atoms with E-state index in [1.165, 1.54) is 24.3 Å². The molecular formula is C13H17FN2O3. The Morgan fingerprint density at radius 1 is 1.37 bits per heavy atom. The van der Waals surface area contributed by atoms with E-state index < -0.39 is 11.7 Å². The summed E-state index contributed by atoms with van der Waals surface area (Å²) in [4.78, 5) is 22.3. The molecule has 0 spiro atoms. The first kappa shape index (κ1) is 14.9. The molecule has 0 radical (unpaired) electrons. The summed E-state index contributed by atoms with van der Waals surface area (Å²) in [6, 6.07) is 5.63. The van der Waals surface area contributed by atoms with Gasteiger partial charge in [0.05, 0.1) is 6.54 Å². The SMILES string of the molecule is CC(C)(C)OC(=O)NN(C=O)Cc1ccc(F)cc1. The molecule has 0 bridgehead atoms. The highest BCUT2D eigenvalue weighted by atomic mass is 19.1. The van der Waals surface area contributed by atoms with Gasteiger partial charge in [-0.2, -0.15) is 0 Å². The number of hydrogen-bond acceptors (Lipinski definition) is 3. The molecule has 0 atom stereocenters. The molecule has 0 saturated carbocycles. The lowest BCUT2D eigenvalue weighted by Crippen LogP contribution is -2.43. The van der Waals surface area contributed by atoms with Crippen LogP contribution in [0.3, 0.4) is 0 Å². The van der Waals surface area contributed by atoms with Crippen molar-refractivity contribution in [3.05, 3.63) is 35.6 Å². The molecule has 0 aromatic heterocycles. The van der Waals surface area contributed by atoms with Gasteiger partial charge < -0.3 is 4.74 Å². The van der Waals surface area contributed by atoms with Crippen LogP contribution >= 0.6 is 0 Å². The molecule has 19 heavy (non-hydrogen) atoms. The summed E-state index contributed by atoms with van der Waals surface area (Å²) in [5, 5.41) is 1.03. The van der Waals surface area contributed by atoms with Crippen molar-refractivity contribution >= 4 is 12.5 Å². The van der Waals surface area contributed by atoms with Gasteiger partial charge in [0.15, 0.2) is 0 Å². The minimum absolute atomic E-state index is 0.128. The van der Waals surface area contributed by atoms with Crippen LogP contribution in [0.2, 0.25) is 0 Å². The van der Waals surface area contributed by atoms with Crippen LogP contribution in [0.5, 0.6) is 0 Å². The van der Waals surface area contributed by atoms with Crippen molar-refractivity contribution in [1.82, 2.24) is 10.4 Å². The quantitative estimate of drug-likeness (QED) is 0.673. The molecule has 5 nitrogen and oxygen atoms in total. The molecule has 0 aliphatic heterocycles. The summed E-state index contributed by atoms with van der Waals surface area (Å²) < 4.78 is 17.7. The maximum absolute atomic E-state index is 12.7. The topological polar surface area (TPSA) is 58.6 Å². The number of benzene rings is 1. The van der Waals surface area contributed by atoms with Gasteiger partial charge in [-0.25, -0.2) is 19.6 Å². The number of nitrogens with zero attached hydrogens (tertiary/aromatic N) is 1. The van der Waals surface area contributed by atoms with E-state index in [1.54, 1.807) is 20.8 Å². The van der Waals surface area contributed by atoms with Crippen LogP contribution in [-0.4, -0.2) is 23.1 Å². The van der Waals surface area contributed by atoms with Gasteiger partial charge in [-0.15, -0.1) is 0 Å². The number of hydrogen-bond donors (Lipinski definition) is 1. The van der Waals surface area contributed by atoms with E-state index in [-0.39, 0.29) is 12.4 Å². The van der Waals surface area contributed by atoms with Crippen LogP contribution in [0.25, 0.3) is 0 Å². The second-order valence-corrected chi connectivity index (χ2v) is 4.97. The minimum Gasteiger partial charge on any atom is -0.443 e. The maximum atomic E-state index is 12.7. The average molecular weight is 268 g/mol. The van der Waals surface area contributed by atoms with E-state index >= 15 is 0 Å². The van der Waals surface area contributed by atoms with Crippen molar-refractivity contribution in [2.75, 3.05) is 0 Å². The number of amides is 2. The summed E-state index contributed by atoms with van der Waals surface area (Å²) >= 11 is 0. The van der Waals surface area contributed by atoms with E-state index in [0.29, 0.717) is 12.0 Å². The standard InChI is InChI=1S/C13H17FN2O3/c1-13(2,3)19-12(18)15-16(9-17)8-10-4-6-11(14)7-5-10/h4-7,9H,8H2,1-3H3,(H,15,18). The molecule has 6 heteroatoms. The van der Waals surface area contributed by atoms with E-state index in [2.05, 4.69) is 5.43 Å². The number of ether oxygens (including phenoxy) is 1. The Morgan fingerprint density at radius 2 is 1.95 bits per heavy atom. The predicted molar refractivity (Wildman–Crippen MR) is 67.4 cm³/mol. The molecule has 0 fully saturated rings. The van der Waals surface area contributed by atoms with E-state index in [4.69, 9.17) is 4.74 Å². The third kappa shape index (κ3) is 5.85. The Morgan fingerprint density at radius 3 is 2.42 bits per heavy atom. The lowest BCUT2D eigenvalue weighted by atomic mass is 10.2. The van der Waals surface area contributed by atoms with Crippen molar-refractivity contribution < 1.29 is 18.7 Å². The molecule has 0 heterocycles. The van der Waals surface area contributed by atoms with Crippen LogP contribution in [0.1, 0.15) is 26.3 Å². The number of rotatable bonds is 4. The fourth-order valence-corrected chi connectivity index (χ4v) is 1.31. The highest BCUT2D eigenvalue weighted by molar-refractivity contribution is 5.69. The smallest absolute Gasteiger partial charge is 0.426 e. The van der Waals surface area contributed by atoms with Gasteiger partial charge in [-0.05, 0) is 38.5 Å². The maximum Gasteiger partial charge on any atom is 0.426 e. The minimum atomic E-state index is -0.721. The third-order valence-corrected chi connectivity index (χ3v) is 2.03. The zero-order valence-electron chi connectivity index (χ0n) is 11.1. The Labute approximate surface area is 111 Å². The van der Waals surface area contributed by atoms with Crippen molar-refractivity contribution in [1.29, 1.82) is 0 Å². The summed E-state index contributed by atoms with van der Waals surface area (Å²) in [7, 11) is 0. The summed E-state index contributed by atoms with van der Waals surface area (Å²) in [5.74, 6) is -0.360. The van der Waals surface area contributed by atoms with Crippen LogP contribution in [0.15, 0.2) is 24.3 Å². The third-order valence-electron chi connectivity index (χ3n) is 2.03. The van der Waals surface area contributed by atoms with Gasteiger partial charge in [-0.1, -0.05) is 12.1 Å². The number of carbonyl (C=O) groups is 2. The molecule has 1 aromatic carbocycles. The van der Waals surface area contributed by atoms with Gasteiger partial charge >= 0.3 is 6.09 Å². The highest BCUT2D eigenvalue weighted by Crippen LogP contribution is 2.08. The molecule has 0 aliphatic rings. The van der Waals surface area contributed by atoms with Crippen LogP contribution in [-0.2, 0) is 16.1 Å². The molecule has 0 unspecified atom stereocenters. The predicted octanol–water partition coefficient (Wildman–Crippen LogP) is 2.22. The second kappa shape index (κ2) is 6.17. The second-order valence-electron chi connectivity index (χ2n) is 4.97. The monoisotopic (exact) mass is 268 g/mol. The molecule has 2 amide bonds. The first-order valence-electron chi connectivity index (χ1n) is 5.76. The Balaban J connectivity index is 2.57. The molecule has 0 aliphatic carbocycles. The van der Waals surface area contributed by atoms with Crippen molar-refractivity contribution in [2.45, 2.75) is 32.9 Å². The first-order chi connectivity index (χ1) is 8.80. The lowest BCUT2D eigenvalue weighted by molar-refractivity contribution is -0.121. The Kier molecular flexibility index (Phi) is 4.86. The molecule has 0 saturated heterocycles. The summed E-state index contributed by atoms with van der Waals surface area (Å²) in [6.45, 7) is 5.29. The normalized spacial score (nSPS) is 10.7. The fraction of sp³-hybridized carbons (Fsp3) is 0.385. The van der Waals surface area contributed by atoms with Crippen molar-refractivity contribution in [3.8, 4) is 0 Å². The van der Waals surface area contributed by atoms with Crippen LogP contribution < -0.4 is 5.43 Å². The van der Waals surface area contributed by atoms with Crippen LogP contribution in [0, 0.1) is 5.82 Å². The number of nitrogens with one attached hydrogen (secondary N) is 1. The zero-order valence-corrected chi connectivity index (χ0v) is 11.1. The first-order valence-corrected chi connectivity index (χ1v) is 5.76. The van der Waals surface area contributed by atoms with E-state index in [0.717, 1.165) is 5.01 Å². The molecule has 1 aromatic rings. The molecule has 104 valence electrons. The Bertz CT molecular complexity index is 440. The Hall–Kier alpha value is -2.11. The number of carbonyl (C=O) groups excluding carboxylic acids is 2. The van der Waals surface area contributed by atoms with Crippen molar-refractivity contribution in [3.63, 3.8) is 0 Å².